The number of benzene rings is 1. The van der Waals surface area contributed by atoms with Gasteiger partial charge in [-0.25, -0.2) is 0 Å². The van der Waals surface area contributed by atoms with E-state index in [1.54, 1.807) is 6.92 Å². The number of nitrogens with one attached hydrogen (secondary N) is 2. The van der Waals surface area contributed by atoms with Crippen molar-refractivity contribution in [3.05, 3.63) is 22.7 Å². The monoisotopic (exact) mass is 363 g/mol. The third-order valence-electron chi connectivity index (χ3n) is 2.80. The summed E-state index contributed by atoms with van der Waals surface area (Å²) in [7, 11) is 1.43. The Kier molecular flexibility index (Phi) is 7.67. The Bertz CT molecular complexity index is 586. The van der Waals surface area contributed by atoms with Gasteiger partial charge >= 0.3 is 0 Å². The molecule has 2 amide bonds. The average Bonchev–Trinajstić information content (AvgIpc) is 2.39. The summed E-state index contributed by atoms with van der Waals surface area (Å²) in [5.41, 5.74) is 5.83. The van der Waals surface area contributed by atoms with Crippen LogP contribution in [0.5, 0.6) is 5.75 Å². The number of carbonyl (C=O) groups excluding carboxylic acids is 2. The van der Waals surface area contributed by atoms with Crippen LogP contribution < -0.4 is 21.1 Å². The number of halogens is 2. The first-order chi connectivity index (χ1) is 10.0. The minimum absolute atomic E-state index is 0. The second kappa shape index (κ2) is 8.26. The van der Waals surface area contributed by atoms with Crippen LogP contribution in [0.2, 0.25) is 5.02 Å². The molecule has 1 aromatic carbocycles. The van der Waals surface area contributed by atoms with Gasteiger partial charge in [-0.15, -0.1) is 12.4 Å². The van der Waals surface area contributed by atoms with Gasteiger partial charge in [-0.3, -0.25) is 9.59 Å². The van der Waals surface area contributed by atoms with E-state index in [0.717, 1.165) is 0 Å². The maximum Gasteiger partial charge on any atom is 0.255 e. The lowest BCUT2D eigenvalue weighted by molar-refractivity contribution is -0.124. The molecule has 0 aromatic heterocycles. The van der Waals surface area contributed by atoms with Crippen LogP contribution in [0.1, 0.15) is 38.1 Å². The van der Waals surface area contributed by atoms with Gasteiger partial charge < -0.3 is 21.1 Å². The highest BCUT2D eigenvalue weighted by molar-refractivity contribution is 6.33. The maximum absolute atomic E-state index is 12.3. The summed E-state index contributed by atoms with van der Waals surface area (Å²) in [5.74, 6) is -0.445. The van der Waals surface area contributed by atoms with Crippen molar-refractivity contribution in [1.29, 1.82) is 0 Å². The van der Waals surface area contributed by atoms with Crippen LogP contribution in [-0.4, -0.2) is 30.5 Å². The minimum atomic E-state index is -0.701. The Morgan fingerprint density at radius 2 is 1.87 bits per heavy atom. The van der Waals surface area contributed by atoms with Crippen LogP contribution in [0.4, 0.5) is 5.69 Å². The topological polar surface area (TPSA) is 93.4 Å². The van der Waals surface area contributed by atoms with Gasteiger partial charge in [0.25, 0.3) is 5.91 Å². The van der Waals surface area contributed by atoms with E-state index >= 15 is 0 Å². The number of carbonyl (C=O) groups is 2. The van der Waals surface area contributed by atoms with Crippen LogP contribution in [0.25, 0.3) is 0 Å². The van der Waals surface area contributed by atoms with E-state index in [0.29, 0.717) is 11.4 Å². The van der Waals surface area contributed by atoms with E-state index in [2.05, 4.69) is 10.6 Å². The van der Waals surface area contributed by atoms with E-state index in [9.17, 15) is 9.59 Å². The molecule has 0 radical (unpaired) electrons. The molecule has 0 aliphatic heterocycles. The fraction of sp³-hybridized carbons (Fsp3) is 0.467. The SMILES string of the molecule is COc1cc(N)c(Cl)cc1C(=O)NC(C)C(=O)NC(C)(C)C.Cl. The zero-order valence-electron chi connectivity index (χ0n) is 13.8. The quantitative estimate of drug-likeness (QED) is 0.715. The van der Waals surface area contributed by atoms with Gasteiger partial charge in [-0.2, -0.15) is 0 Å². The molecular formula is C15H23Cl2N3O3. The molecule has 0 heterocycles. The van der Waals surface area contributed by atoms with E-state index < -0.39 is 11.9 Å². The summed E-state index contributed by atoms with van der Waals surface area (Å²) < 4.78 is 5.12. The van der Waals surface area contributed by atoms with Gasteiger partial charge in [-0.05, 0) is 33.8 Å². The van der Waals surface area contributed by atoms with Crippen molar-refractivity contribution < 1.29 is 14.3 Å². The Labute approximate surface area is 147 Å². The molecule has 1 unspecified atom stereocenters. The highest BCUT2D eigenvalue weighted by Crippen LogP contribution is 2.28. The fourth-order valence-electron chi connectivity index (χ4n) is 1.73. The molecule has 0 aliphatic rings. The first kappa shape index (κ1) is 21.3. The number of nitrogens with two attached hydrogens (primary N) is 1. The molecule has 1 atom stereocenters. The van der Waals surface area contributed by atoms with E-state index in [1.807, 2.05) is 20.8 Å². The van der Waals surface area contributed by atoms with Crippen molar-refractivity contribution in [3.8, 4) is 5.75 Å². The third-order valence-corrected chi connectivity index (χ3v) is 3.13. The number of nitrogen functional groups attached to an aromatic ring is 1. The van der Waals surface area contributed by atoms with Crippen molar-refractivity contribution >= 4 is 41.5 Å². The first-order valence-corrected chi connectivity index (χ1v) is 7.19. The second-order valence-corrected chi connectivity index (χ2v) is 6.42. The molecule has 0 saturated carbocycles. The predicted molar refractivity (Wildman–Crippen MR) is 94.5 cm³/mol. The van der Waals surface area contributed by atoms with Crippen LogP contribution in [0.3, 0.4) is 0 Å². The number of hydrogen-bond acceptors (Lipinski definition) is 4. The zero-order chi connectivity index (χ0) is 17.1. The number of anilines is 1. The molecule has 4 N–H and O–H groups in total. The van der Waals surface area contributed by atoms with Gasteiger partial charge in [0.2, 0.25) is 5.91 Å². The van der Waals surface area contributed by atoms with Gasteiger partial charge in [0, 0.05) is 11.6 Å². The smallest absolute Gasteiger partial charge is 0.255 e. The van der Waals surface area contributed by atoms with E-state index in [1.165, 1.54) is 19.2 Å². The summed E-state index contributed by atoms with van der Waals surface area (Å²) in [4.78, 5) is 24.3. The maximum atomic E-state index is 12.3. The molecule has 0 bridgehead atoms. The first-order valence-electron chi connectivity index (χ1n) is 6.81. The number of rotatable bonds is 4. The van der Waals surface area contributed by atoms with Crippen molar-refractivity contribution in [1.82, 2.24) is 10.6 Å². The molecular weight excluding hydrogens is 341 g/mol. The summed E-state index contributed by atoms with van der Waals surface area (Å²) in [5, 5.41) is 5.65. The number of ether oxygens (including phenoxy) is 1. The summed E-state index contributed by atoms with van der Waals surface area (Å²) in [6, 6.07) is 2.18. The lowest BCUT2D eigenvalue weighted by atomic mass is 10.1. The molecule has 0 spiro atoms. The van der Waals surface area contributed by atoms with E-state index in [-0.39, 0.29) is 34.4 Å². The van der Waals surface area contributed by atoms with Gasteiger partial charge in [0.05, 0.1) is 23.4 Å². The molecule has 130 valence electrons. The normalized spacial score (nSPS) is 11.9. The van der Waals surface area contributed by atoms with Crippen LogP contribution in [0.15, 0.2) is 12.1 Å². The number of methoxy groups -OCH3 is 1. The Balaban J connectivity index is 0.00000484. The molecule has 1 rings (SSSR count). The van der Waals surface area contributed by atoms with Crippen molar-refractivity contribution in [2.24, 2.45) is 0 Å². The van der Waals surface area contributed by atoms with Crippen molar-refractivity contribution in [3.63, 3.8) is 0 Å². The molecule has 0 aliphatic carbocycles. The minimum Gasteiger partial charge on any atom is -0.496 e. The largest absolute Gasteiger partial charge is 0.496 e. The van der Waals surface area contributed by atoms with Crippen LogP contribution in [-0.2, 0) is 4.79 Å². The highest BCUT2D eigenvalue weighted by atomic mass is 35.5. The Morgan fingerprint density at radius 1 is 1.30 bits per heavy atom. The van der Waals surface area contributed by atoms with Crippen molar-refractivity contribution in [2.75, 3.05) is 12.8 Å². The second-order valence-electron chi connectivity index (χ2n) is 6.01. The predicted octanol–water partition coefficient (Wildman–Crippen LogP) is 2.39. The molecule has 0 saturated heterocycles. The summed E-state index contributed by atoms with van der Waals surface area (Å²) in [6.45, 7) is 7.19. The van der Waals surface area contributed by atoms with Crippen LogP contribution in [0, 0.1) is 0 Å². The molecule has 6 nitrogen and oxygen atoms in total. The fourth-order valence-corrected chi connectivity index (χ4v) is 1.90. The van der Waals surface area contributed by atoms with Crippen molar-refractivity contribution in [2.45, 2.75) is 39.3 Å². The zero-order valence-corrected chi connectivity index (χ0v) is 15.4. The molecule has 8 heteroatoms. The summed E-state index contributed by atoms with van der Waals surface area (Å²) in [6.07, 6.45) is 0. The lowest BCUT2D eigenvalue weighted by Crippen LogP contribution is -2.50. The number of hydrogen-bond donors (Lipinski definition) is 3. The van der Waals surface area contributed by atoms with Gasteiger partial charge in [0.1, 0.15) is 11.8 Å². The lowest BCUT2D eigenvalue weighted by Gasteiger charge is -2.24. The average molecular weight is 364 g/mol. The highest BCUT2D eigenvalue weighted by Gasteiger charge is 2.23. The Morgan fingerprint density at radius 3 is 2.35 bits per heavy atom. The standard InChI is InChI=1S/C15H22ClN3O3.ClH/c1-8(13(20)19-15(2,3)4)18-14(21)9-6-10(16)11(17)7-12(9)22-5;/h6-8H,17H2,1-5H3,(H,18,21)(H,19,20);1H. The third kappa shape index (κ3) is 6.15. The van der Waals surface area contributed by atoms with Gasteiger partial charge in [-0.1, -0.05) is 11.6 Å². The molecule has 1 aromatic rings. The molecule has 23 heavy (non-hydrogen) atoms. The number of amides is 2. The molecule has 0 fully saturated rings. The van der Waals surface area contributed by atoms with Crippen LogP contribution >= 0.6 is 24.0 Å². The van der Waals surface area contributed by atoms with E-state index in [4.69, 9.17) is 22.1 Å². The summed E-state index contributed by atoms with van der Waals surface area (Å²) >= 11 is 5.93. The Hall–Kier alpha value is -1.66. The van der Waals surface area contributed by atoms with Gasteiger partial charge in [0.15, 0.2) is 0 Å².